The largest absolute Gasteiger partial charge is 0.452 e. The Hall–Kier alpha value is -2.70. The summed E-state index contributed by atoms with van der Waals surface area (Å²) in [5, 5.41) is 0.350. The van der Waals surface area contributed by atoms with E-state index >= 15 is 0 Å². The van der Waals surface area contributed by atoms with Crippen LogP contribution in [0, 0.1) is 5.82 Å². The van der Waals surface area contributed by atoms with E-state index in [1.807, 2.05) is 4.72 Å². The number of nitrogens with one attached hydrogen (secondary N) is 1. The van der Waals surface area contributed by atoms with E-state index < -0.39 is 38.7 Å². The lowest BCUT2D eigenvalue weighted by Gasteiger charge is -2.40. The maximum absolute atomic E-state index is 14.0. The molecule has 0 spiro atoms. The third kappa shape index (κ3) is 3.08. The second kappa shape index (κ2) is 6.72. The Morgan fingerprint density at radius 2 is 2.11 bits per heavy atom. The highest BCUT2D eigenvalue weighted by molar-refractivity contribution is 8.07. The van der Waals surface area contributed by atoms with Crippen molar-refractivity contribution in [2.24, 2.45) is 4.99 Å². The number of hydrogen-bond acceptors (Lipinski definition) is 6. The monoisotopic (exact) mass is 432 g/mol. The molecule has 2 heterocycles. The highest BCUT2D eigenvalue weighted by Gasteiger charge is 2.52. The second-order valence-corrected chi connectivity index (χ2v) is 8.12. The minimum atomic E-state index is -4.57. The molecular formula is C15H16ClFN5O5S+. The summed E-state index contributed by atoms with van der Waals surface area (Å²) in [5.41, 5.74) is -0.492. The first kappa shape index (κ1) is 20.0. The van der Waals surface area contributed by atoms with Crippen LogP contribution >= 0.6 is 11.6 Å². The molecule has 0 fully saturated rings. The lowest BCUT2D eigenvalue weighted by atomic mass is 10.3. The second-order valence-electron chi connectivity index (χ2n) is 6.14. The van der Waals surface area contributed by atoms with Gasteiger partial charge in [0.1, 0.15) is 11.5 Å². The average Bonchev–Trinajstić information content (AvgIpc) is 2.86. The Balaban J connectivity index is 2.11. The molecule has 0 saturated carbocycles. The topological polar surface area (TPSA) is 108 Å². The number of likely N-dealkylation sites (N-methyl/N-ethyl adjacent to an activating group) is 1. The highest BCUT2D eigenvalue weighted by Crippen LogP contribution is 2.33. The molecule has 2 aliphatic heterocycles. The fraction of sp³-hybridized carbons (Fsp3) is 0.267. The molecule has 1 unspecified atom stereocenters. The Morgan fingerprint density at radius 1 is 1.43 bits per heavy atom. The first-order valence-corrected chi connectivity index (χ1v) is 9.64. The molecule has 1 aromatic carbocycles. The Bertz CT molecular complexity index is 1020. The van der Waals surface area contributed by atoms with Crippen molar-refractivity contribution in [1.29, 1.82) is 0 Å². The van der Waals surface area contributed by atoms with Gasteiger partial charge in [-0.15, -0.1) is 0 Å². The number of methoxy groups -OCH3 is 1. The number of rotatable bonds is 2. The van der Waals surface area contributed by atoms with Crippen LogP contribution in [0.2, 0.25) is 5.02 Å². The molecular weight excluding hydrogens is 417 g/mol. The number of ether oxygens (including phenoxy) is 1. The summed E-state index contributed by atoms with van der Waals surface area (Å²) in [6.45, 7) is -0.286. The van der Waals surface area contributed by atoms with Crippen LogP contribution in [-0.4, -0.2) is 68.0 Å². The molecule has 3 rings (SSSR count). The van der Waals surface area contributed by atoms with Crippen LogP contribution in [0.5, 0.6) is 0 Å². The predicted molar refractivity (Wildman–Crippen MR) is 97.5 cm³/mol. The standard InChI is InChI=1S/C15H16ClFN5O5S/c1-20-12(23)7-11-18-14(21(15(24)27-3)8-22(11,20)2)28(25,26)19-13-9(16)5-4-6-10(13)17/h4-7,19H,8H2,1-3H3/q+1. The first-order valence-electron chi connectivity index (χ1n) is 7.78. The lowest BCUT2D eigenvalue weighted by molar-refractivity contribution is -0.974. The SMILES string of the molecule is COC(=O)N1C[N+]2(C)C(=CC(=O)N2C)N=C1S(=O)(=O)Nc1c(F)cccc1Cl. The number of halogens is 2. The van der Waals surface area contributed by atoms with Crippen LogP contribution in [-0.2, 0) is 19.6 Å². The van der Waals surface area contributed by atoms with E-state index in [1.54, 1.807) is 7.05 Å². The molecule has 1 aromatic rings. The number of quaternary nitrogens is 1. The molecule has 0 aromatic heterocycles. The summed E-state index contributed by atoms with van der Waals surface area (Å²) in [7, 11) is -0.449. The van der Waals surface area contributed by atoms with Crippen molar-refractivity contribution < 1.29 is 31.7 Å². The van der Waals surface area contributed by atoms with Gasteiger partial charge in [0.2, 0.25) is 0 Å². The third-order valence-electron chi connectivity index (χ3n) is 4.42. The van der Waals surface area contributed by atoms with Crippen molar-refractivity contribution in [2.75, 3.05) is 32.6 Å². The van der Waals surface area contributed by atoms with E-state index in [0.29, 0.717) is 0 Å². The summed E-state index contributed by atoms with van der Waals surface area (Å²) in [6, 6.07) is 3.62. The van der Waals surface area contributed by atoms with Crippen LogP contribution < -0.4 is 4.72 Å². The zero-order valence-electron chi connectivity index (χ0n) is 15.0. The van der Waals surface area contributed by atoms with Gasteiger partial charge >= 0.3 is 6.09 Å². The number of aliphatic imine (C=N–C) groups is 1. The van der Waals surface area contributed by atoms with E-state index in [0.717, 1.165) is 24.2 Å². The van der Waals surface area contributed by atoms with Crippen molar-refractivity contribution in [2.45, 2.75) is 0 Å². The molecule has 0 aliphatic carbocycles. The summed E-state index contributed by atoms with van der Waals surface area (Å²) >= 11 is 5.87. The quantitative estimate of drug-likeness (QED) is 0.708. The Morgan fingerprint density at radius 3 is 2.71 bits per heavy atom. The highest BCUT2D eigenvalue weighted by atomic mass is 35.5. The number of amidine groups is 1. The maximum Gasteiger partial charge on any atom is 0.420 e. The molecule has 0 saturated heterocycles. The van der Waals surface area contributed by atoms with Gasteiger partial charge in [-0.05, 0) is 12.1 Å². The first-order chi connectivity index (χ1) is 13.0. The van der Waals surface area contributed by atoms with Crippen molar-refractivity contribution in [3.63, 3.8) is 0 Å². The van der Waals surface area contributed by atoms with Crippen molar-refractivity contribution in [3.05, 3.63) is 40.9 Å². The van der Waals surface area contributed by atoms with E-state index in [4.69, 9.17) is 11.6 Å². The molecule has 10 nitrogen and oxygen atoms in total. The lowest BCUT2D eigenvalue weighted by Crippen LogP contribution is -2.63. The number of carbonyl (C=O) groups is 2. The van der Waals surface area contributed by atoms with Gasteiger partial charge < -0.3 is 4.74 Å². The van der Waals surface area contributed by atoms with Crippen molar-refractivity contribution >= 4 is 44.5 Å². The van der Waals surface area contributed by atoms with Gasteiger partial charge in [-0.3, -0.25) is 9.52 Å². The zero-order chi connectivity index (χ0) is 20.9. The van der Waals surface area contributed by atoms with Crippen molar-refractivity contribution in [3.8, 4) is 0 Å². The minimum Gasteiger partial charge on any atom is -0.452 e. The molecule has 28 heavy (non-hydrogen) atoms. The maximum atomic E-state index is 14.0. The van der Waals surface area contributed by atoms with Crippen LogP contribution in [0.15, 0.2) is 35.1 Å². The third-order valence-corrected chi connectivity index (χ3v) is 6.00. The number of nitrogens with zero attached hydrogens (tertiary/aromatic N) is 4. The Kier molecular flexibility index (Phi) is 4.81. The molecule has 2 amide bonds. The van der Waals surface area contributed by atoms with Crippen LogP contribution in [0.25, 0.3) is 0 Å². The van der Waals surface area contributed by atoms with Gasteiger partial charge in [-0.2, -0.15) is 27.9 Å². The molecule has 0 bridgehead atoms. The number of sulfonamides is 1. The smallest absolute Gasteiger partial charge is 0.420 e. The zero-order valence-corrected chi connectivity index (χ0v) is 16.6. The van der Waals surface area contributed by atoms with E-state index in [1.165, 1.54) is 24.2 Å². The number of para-hydroxylation sites is 1. The number of hydrogen-bond donors (Lipinski definition) is 1. The number of fused-ring (bicyclic) bond motifs is 1. The van der Waals surface area contributed by atoms with Gasteiger partial charge in [0, 0.05) is 0 Å². The molecule has 150 valence electrons. The molecule has 1 atom stereocenters. The summed E-state index contributed by atoms with van der Waals surface area (Å²) in [5.74, 6) is -1.24. The van der Waals surface area contributed by atoms with Gasteiger partial charge in [0.15, 0.2) is 6.67 Å². The van der Waals surface area contributed by atoms with Crippen LogP contribution in [0.1, 0.15) is 0 Å². The van der Waals surface area contributed by atoms with Gasteiger partial charge in [0.25, 0.3) is 26.9 Å². The summed E-state index contributed by atoms with van der Waals surface area (Å²) in [6.07, 6.45) is 0.134. The van der Waals surface area contributed by atoms with E-state index in [-0.39, 0.29) is 22.1 Å². The van der Waals surface area contributed by atoms with Gasteiger partial charge in [-0.25, -0.2) is 9.18 Å². The molecule has 13 heteroatoms. The number of amides is 2. The van der Waals surface area contributed by atoms with E-state index in [2.05, 4.69) is 9.73 Å². The number of benzene rings is 1. The normalized spacial score (nSPS) is 21.8. The van der Waals surface area contributed by atoms with Gasteiger partial charge in [-0.1, -0.05) is 17.7 Å². The van der Waals surface area contributed by atoms with Crippen molar-refractivity contribution in [1.82, 2.24) is 9.91 Å². The molecule has 2 aliphatic rings. The Labute approximate surface area is 165 Å². The fourth-order valence-electron chi connectivity index (χ4n) is 2.74. The molecule has 1 N–H and O–H groups in total. The minimum absolute atomic E-state index is 0.0904. The van der Waals surface area contributed by atoms with E-state index in [9.17, 15) is 22.4 Å². The van der Waals surface area contributed by atoms with Crippen LogP contribution in [0.4, 0.5) is 14.9 Å². The molecule has 0 radical (unpaired) electrons. The summed E-state index contributed by atoms with van der Waals surface area (Å²) in [4.78, 5) is 29.0. The average molecular weight is 433 g/mol. The number of carbonyl (C=O) groups excluding carboxylic acids is 2. The fourth-order valence-corrected chi connectivity index (χ4v) is 4.21. The summed E-state index contributed by atoms with van der Waals surface area (Å²) < 4.78 is 46.2. The van der Waals surface area contributed by atoms with Gasteiger partial charge in [0.05, 0.1) is 32.3 Å². The van der Waals surface area contributed by atoms with Crippen LogP contribution in [0.3, 0.4) is 0 Å². The predicted octanol–water partition coefficient (Wildman–Crippen LogP) is 1.29. The number of anilines is 1.